The zero-order valence-electron chi connectivity index (χ0n) is 7.69. The lowest BCUT2D eigenvalue weighted by molar-refractivity contribution is 0.0268. The molecule has 0 radical (unpaired) electrons. The first-order valence-corrected chi connectivity index (χ1v) is 4.91. The average molecular weight is 153 g/mol. The Balaban J connectivity index is 1.94. The van der Waals surface area contributed by atoms with Crippen molar-refractivity contribution in [3.63, 3.8) is 0 Å². The molecule has 2 aliphatic rings. The third-order valence-electron chi connectivity index (χ3n) is 3.77. The number of hydrogen-bond donors (Lipinski definition) is 1. The predicted molar refractivity (Wildman–Crippen MR) is 47.5 cm³/mol. The van der Waals surface area contributed by atoms with Crippen molar-refractivity contribution in [2.45, 2.75) is 33.1 Å². The Kier molecular flexibility index (Phi) is 1.71. The standard InChI is InChI=1S/C10H19N/c1-10(2)5-3-9(10)8-4-6-11-7-8/h8-9,11H,3-7H2,1-2H3. The van der Waals surface area contributed by atoms with Gasteiger partial charge in [-0.1, -0.05) is 13.8 Å². The minimum atomic E-state index is 0.663. The lowest BCUT2D eigenvalue weighted by Crippen LogP contribution is -2.40. The van der Waals surface area contributed by atoms with Crippen molar-refractivity contribution < 1.29 is 0 Å². The third-order valence-corrected chi connectivity index (χ3v) is 3.77. The first kappa shape index (κ1) is 7.60. The van der Waals surface area contributed by atoms with Gasteiger partial charge in [-0.05, 0) is 49.6 Å². The molecule has 1 saturated heterocycles. The summed E-state index contributed by atoms with van der Waals surface area (Å²) in [6.07, 6.45) is 4.36. The van der Waals surface area contributed by atoms with Crippen LogP contribution in [0.15, 0.2) is 0 Å². The van der Waals surface area contributed by atoms with E-state index in [9.17, 15) is 0 Å². The van der Waals surface area contributed by atoms with E-state index in [1.165, 1.54) is 32.4 Å². The van der Waals surface area contributed by atoms with Gasteiger partial charge in [0, 0.05) is 0 Å². The van der Waals surface area contributed by atoms with E-state index in [2.05, 4.69) is 19.2 Å². The van der Waals surface area contributed by atoms with Gasteiger partial charge in [-0.3, -0.25) is 0 Å². The van der Waals surface area contributed by atoms with Crippen molar-refractivity contribution in [3.8, 4) is 0 Å². The van der Waals surface area contributed by atoms with Gasteiger partial charge in [0.1, 0.15) is 0 Å². The molecule has 0 amide bonds. The topological polar surface area (TPSA) is 12.0 Å². The van der Waals surface area contributed by atoms with E-state index in [4.69, 9.17) is 0 Å². The highest BCUT2D eigenvalue weighted by molar-refractivity contribution is 4.94. The second-order valence-corrected chi connectivity index (χ2v) is 4.89. The molecule has 0 aromatic heterocycles. The Morgan fingerprint density at radius 3 is 2.45 bits per heavy atom. The Labute approximate surface area is 69.6 Å². The van der Waals surface area contributed by atoms with Crippen LogP contribution in [0, 0.1) is 17.3 Å². The molecule has 11 heavy (non-hydrogen) atoms. The Morgan fingerprint density at radius 1 is 1.27 bits per heavy atom. The molecule has 0 spiro atoms. The molecule has 1 heterocycles. The number of nitrogens with one attached hydrogen (secondary N) is 1. The van der Waals surface area contributed by atoms with Crippen molar-refractivity contribution in [2.24, 2.45) is 17.3 Å². The molecular formula is C10H19N. The first-order valence-electron chi connectivity index (χ1n) is 4.91. The van der Waals surface area contributed by atoms with E-state index in [0.29, 0.717) is 5.41 Å². The maximum absolute atomic E-state index is 3.46. The van der Waals surface area contributed by atoms with E-state index in [1.54, 1.807) is 0 Å². The van der Waals surface area contributed by atoms with Gasteiger partial charge in [0.25, 0.3) is 0 Å². The molecule has 2 atom stereocenters. The molecule has 1 nitrogen and oxygen atoms in total. The molecule has 1 heteroatoms. The van der Waals surface area contributed by atoms with Gasteiger partial charge in [0.15, 0.2) is 0 Å². The molecule has 2 unspecified atom stereocenters. The van der Waals surface area contributed by atoms with Crippen LogP contribution in [0.3, 0.4) is 0 Å². The van der Waals surface area contributed by atoms with Crippen LogP contribution in [0.5, 0.6) is 0 Å². The molecule has 1 N–H and O–H groups in total. The molecule has 64 valence electrons. The third kappa shape index (κ3) is 1.20. The maximum atomic E-state index is 3.46. The fourth-order valence-corrected chi connectivity index (χ4v) is 2.78. The molecule has 0 bridgehead atoms. The average Bonchev–Trinajstić information content (AvgIpc) is 2.38. The van der Waals surface area contributed by atoms with Crippen LogP contribution in [-0.2, 0) is 0 Å². The van der Waals surface area contributed by atoms with Crippen molar-refractivity contribution in [3.05, 3.63) is 0 Å². The van der Waals surface area contributed by atoms with E-state index < -0.39 is 0 Å². The zero-order chi connectivity index (χ0) is 7.90. The van der Waals surface area contributed by atoms with E-state index in [-0.39, 0.29) is 0 Å². The largest absolute Gasteiger partial charge is 0.316 e. The minimum Gasteiger partial charge on any atom is -0.316 e. The first-order chi connectivity index (χ1) is 5.20. The lowest BCUT2D eigenvalue weighted by atomic mass is 9.58. The van der Waals surface area contributed by atoms with Gasteiger partial charge < -0.3 is 5.32 Å². The van der Waals surface area contributed by atoms with Crippen LogP contribution in [0.25, 0.3) is 0 Å². The SMILES string of the molecule is CC1(C)CCC1C1CCNC1. The van der Waals surface area contributed by atoms with Gasteiger partial charge in [-0.15, -0.1) is 0 Å². The summed E-state index contributed by atoms with van der Waals surface area (Å²) in [7, 11) is 0. The normalized spacial score (nSPS) is 42.0. The van der Waals surface area contributed by atoms with Gasteiger partial charge in [-0.2, -0.15) is 0 Å². The van der Waals surface area contributed by atoms with Gasteiger partial charge in [-0.25, -0.2) is 0 Å². The second kappa shape index (κ2) is 2.48. The van der Waals surface area contributed by atoms with Crippen molar-refractivity contribution in [2.75, 3.05) is 13.1 Å². The van der Waals surface area contributed by atoms with Crippen LogP contribution in [0.2, 0.25) is 0 Å². The Hall–Kier alpha value is -0.0400. The zero-order valence-corrected chi connectivity index (χ0v) is 7.69. The summed E-state index contributed by atoms with van der Waals surface area (Å²) in [6.45, 7) is 7.41. The molecular weight excluding hydrogens is 134 g/mol. The van der Waals surface area contributed by atoms with Gasteiger partial charge in [0.05, 0.1) is 0 Å². The smallest absolute Gasteiger partial charge is 0.00172 e. The summed E-state index contributed by atoms with van der Waals surface area (Å²) >= 11 is 0. The van der Waals surface area contributed by atoms with Gasteiger partial charge in [0.2, 0.25) is 0 Å². The maximum Gasteiger partial charge on any atom is -0.00172 e. The number of hydrogen-bond acceptors (Lipinski definition) is 1. The van der Waals surface area contributed by atoms with Crippen molar-refractivity contribution in [1.29, 1.82) is 0 Å². The summed E-state index contributed by atoms with van der Waals surface area (Å²) in [5.41, 5.74) is 0.663. The van der Waals surface area contributed by atoms with Crippen LogP contribution in [0.1, 0.15) is 33.1 Å². The van der Waals surface area contributed by atoms with Crippen LogP contribution >= 0.6 is 0 Å². The molecule has 1 aliphatic carbocycles. The quantitative estimate of drug-likeness (QED) is 0.608. The van der Waals surface area contributed by atoms with Crippen molar-refractivity contribution in [1.82, 2.24) is 5.32 Å². The minimum absolute atomic E-state index is 0.663. The molecule has 0 aromatic rings. The number of rotatable bonds is 1. The lowest BCUT2D eigenvalue weighted by Gasteiger charge is -2.48. The van der Waals surface area contributed by atoms with E-state index >= 15 is 0 Å². The highest BCUT2D eigenvalue weighted by Crippen LogP contribution is 2.50. The Morgan fingerprint density at radius 2 is 2.09 bits per heavy atom. The van der Waals surface area contributed by atoms with Gasteiger partial charge >= 0.3 is 0 Å². The summed E-state index contributed by atoms with van der Waals surface area (Å²) < 4.78 is 0. The molecule has 2 fully saturated rings. The highest BCUT2D eigenvalue weighted by atomic mass is 14.9. The van der Waals surface area contributed by atoms with Crippen LogP contribution in [0.4, 0.5) is 0 Å². The van der Waals surface area contributed by atoms with Crippen LogP contribution < -0.4 is 5.32 Å². The molecule has 2 rings (SSSR count). The summed E-state index contributed by atoms with van der Waals surface area (Å²) in [6, 6.07) is 0. The van der Waals surface area contributed by atoms with E-state index in [0.717, 1.165) is 11.8 Å². The Bertz CT molecular complexity index is 145. The highest BCUT2D eigenvalue weighted by Gasteiger charge is 2.43. The summed E-state index contributed by atoms with van der Waals surface area (Å²) in [5, 5.41) is 3.46. The molecule has 1 saturated carbocycles. The van der Waals surface area contributed by atoms with Crippen molar-refractivity contribution >= 4 is 0 Å². The second-order valence-electron chi connectivity index (χ2n) is 4.89. The molecule has 1 aliphatic heterocycles. The molecule has 0 aromatic carbocycles. The van der Waals surface area contributed by atoms with E-state index in [1.807, 2.05) is 0 Å². The monoisotopic (exact) mass is 153 g/mol. The fraction of sp³-hybridized carbons (Fsp3) is 1.00. The predicted octanol–water partition coefficient (Wildman–Crippen LogP) is 2.03. The fourth-order valence-electron chi connectivity index (χ4n) is 2.78. The van der Waals surface area contributed by atoms with Crippen LogP contribution in [-0.4, -0.2) is 13.1 Å². The summed E-state index contributed by atoms with van der Waals surface area (Å²) in [4.78, 5) is 0. The summed E-state index contributed by atoms with van der Waals surface area (Å²) in [5.74, 6) is 2.02.